The number of sulfone groups is 1. The average Bonchev–Trinajstić information content (AvgIpc) is 3.65. The molecule has 3 N–H and O–H groups in total. The van der Waals surface area contributed by atoms with E-state index in [-0.39, 0.29) is 35.8 Å². The van der Waals surface area contributed by atoms with Crippen LogP contribution in [-0.2, 0) is 30.7 Å². The van der Waals surface area contributed by atoms with Gasteiger partial charge in [0.05, 0.1) is 43.7 Å². The third-order valence-corrected chi connectivity index (χ3v) is 11.1. The van der Waals surface area contributed by atoms with Gasteiger partial charge in [0.15, 0.2) is 9.84 Å². The second-order valence-electron chi connectivity index (χ2n) is 13.4. The zero-order chi connectivity index (χ0) is 36.8. The molecule has 0 saturated carbocycles. The highest BCUT2D eigenvalue weighted by atomic mass is 32.2. The van der Waals surface area contributed by atoms with Gasteiger partial charge in [0, 0.05) is 37.4 Å². The van der Waals surface area contributed by atoms with E-state index in [1.807, 2.05) is 74.5 Å². The third-order valence-electron chi connectivity index (χ3n) is 9.45. The van der Waals surface area contributed by atoms with Gasteiger partial charge < -0.3 is 30.0 Å². The lowest BCUT2D eigenvalue weighted by molar-refractivity contribution is -0.143. The van der Waals surface area contributed by atoms with Crippen molar-refractivity contribution in [1.29, 1.82) is 0 Å². The van der Waals surface area contributed by atoms with Crippen LogP contribution < -0.4 is 10.6 Å². The van der Waals surface area contributed by atoms with Gasteiger partial charge in [0.25, 0.3) is 5.91 Å². The molecule has 3 amide bonds. The molecule has 0 spiro atoms. The predicted molar refractivity (Wildman–Crippen MR) is 197 cm³/mol. The van der Waals surface area contributed by atoms with Crippen LogP contribution in [0.15, 0.2) is 79.0 Å². The van der Waals surface area contributed by atoms with Crippen molar-refractivity contribution in [2.75, 3.05) is 56.8 Å². The predicted octanol–water partition coefficient (Wildman–Crippen LogP) is 4.51. The van der Waals surface area contributed by atoms with E-state index in [2.05, 4.69) is 25.5 Å². The number of H-pyrrole nitrogens is 1. The third kappa shape index (κ3) is 8.87. The first kappa shape index (κ1) is 36.7. The summed E-state index contributed by atoms with van der Waals surface area (Å²) in [6.07, 6.45) is 1.08. The quantitative estimate of drug-likeness (QED) is 0.213. The van der Waals surface area contributed by atoms with E-state index < -0.39 is 28.0 Å². The summed E-state index contributed by atoms with van der Waals surface area (Å²) in [7, 11) is -1.65. The molecule has 2 aliphatic heterocycles. The Balaban J connectivity index is 1.06. The van der Waals surface area contributed by atoms with E-state index in [4.69, 9.17) is 9.47 Å². The molecule has 3 heterocycles. The van der Waals surface area contributed by atoms with Crippen molar-refractivity contribution in [3.63, 3.8) is 0 Å². The van der Waals surface area contributed by atoms with Crippen LogP contribution in [0.3, 0.4) is 0 Å². The Morgan fingerprint density at radius 1 is 0.923 bits per heavy atom. The second-order valence-corrected chi connectivity index (χ2v) is 15.7. The fraction of sp³-hybridized carbons (Fsp3) is 0.368. The second kappa shape index (κ2) is 16.1. The number of rotatable bonds is 10. The zero-order valence-corrected chi connectivity index (χ0v) is 30.3. The number of hydrogen-bond acceptors (Lipinski definition) is 9. The van der Waals surface area contributed by atoms with Crippen LogP contribution in [-0.4, -0.2) is 104 Å². The molecule has 1 aromatic heterocycles. The first-order chi connectivity index (χ1) is 25.0. The first-order valence-corrected chi connectivity index (χ1v) is 19.1. The number of amides is 3. The van der Waals surface area contributed by atoms with Crippen molar-refractivity contribution in [2.45, 2.75) is 32.5 Å². The molecule has 52 heavy (non-hydrogen) atoms. The van der Waals surface area contributed by atoms with Crippen molar-refractivity contribution in [1.82, 2.24) is 25.1 Å². The average molecular weight is 729 g/mol. The Hall–Kier alpha value is -5.05. The first-order valence-electron chi connectivity index (χ1n) is 17.3. The lowest BCUT2D eigenvalue weighted by Crippen LogP contribution is -2.54. The van der Waals surface area contributed by atoms with E-state index in [0.29, 0.717) is 49.9 Å². The smallest absolute Gasteiger partial charge is 0.407 e. The number of carbonyl (C=O) groups is 3. The number of imidazole rings is 1. The van der Waals surface area contributed by atoms with Crippen molar-refractivity contribution < 1.29 is 32.3 Å². The summed E-state index contributed by atoms with van der Waals surface area (Å²) in [5, 5.41) is 5.61. The van der Waals surface area contributed by atoms with Crippen LogP contribution in [0.25, 0.3) is 22.4 Å². The van der Waals surface area contributed by atoms with E-state index in [0.717, 1.165) is 27.9 Å². The molecular weight excluding hydrogens is 685 g/mol. The van der Waals surface area contributed by atoms with Gasteiger partial charge in [-0.25, -0.2) is 18.2 Å². The summed E-state index contributed by atoms with van der Waals surface area (Å²) >= 11 is 0. The SMILES string of the molecule is COC(=O)N[C@H](C(=O)N1CCOC[C@@H]1c1ncc(-c2ccc(-c3ccc(C(=O)Nc4ccc(CN5CCS(=O)(=O)CC5)cc4)cc3)cc2)[nH]1)C(C)C. The lowest BCUT2D eigenvalue weighted by Gasteiger charge is -2.37. The highest BCUT2D eigenvalue weighted by Gasteiger charge is 2.36. The maximum Gasteiger partial charge on any atom is 0.407 e. The highest BCUT2D eigenvalue weighted by molar-refractivity contribution is 7.91. The number of aromatic nitrogens is 2. The number of hydrogen-bond donors (Lipinski definition) is 3. The number of benzene rings is 3. The molecule has 4 aromatic rings. The Morgan fingerprint density at radius 3 is 2.19 bits per heavy atom. The number of anilines is 1. The van der Waals surface area contributed by atoms with Gasteiger partial charge in [0.2, 0.25) is 5.91 Å². The molecule has 2 fully saturated rings. The van der Waals surface area contributed by atoms with Crippen LogP contribution in [0.4, 0.5) is 10.5 Å². The summed E-state index contributed by atoms with van der Waals surface area (Å²) in [5.41, 5.74) is 5.91. The number of ether oxygens (including phenoxy) is 2. The summed E-state index contributed by atoms with van der Waals surface area (Å²) < 4.78 is 33.8. The number of nitrogens with zero attached hydrogens (tertiary/aromatic N) is 3. The Kier molecular flexibility index (Phi) is 11.4. The van der Waals surface area contributed by atoms with Crippen LogP contribution in [0.2, 0.25) is 0 Å². The van der Waals surface area contributed by atoms with Gasteiger partial charge in [-0.15, -0.1) is 0 Å². The van der Waals surface area contributed by atoms with E-state index in [1.165, 1.54) is 7.11 Å². The minimum absolute atomic E-state index is 0.151. The summed E-state index contributed by atoms with van der Waals surface area (Å²) in [4.78, 5) is 50.3. The molecule has 2 atom stereocenters. The Morgan fingerprint density at radius 2 is 1.56 bits per heavy atom. The Labute approximate surface area is 303 Å². The fourth-order valence-electron chi connectivity index (χ4n) is 6.34. The number of aromatic amines is 1. The molecule has 0 unspecified atom stereocenters. The van der Waals surface area contributed by atoms with Gasteiger partial charge in [-0.2, -0.15) is 0 Å². The molecule has 14 heteroatoms. The van der Waals surface area contributed by atoms with Crippen LogP contribution in [0.5, 0.6) is 0 Å². The fourth-order valence-corrected chi connectivity index (χ4v) is 7.62. The van der Waals surface area contributed by atoms with Gasteiger partial charge >= 0.3 is 6.09 Å². The molecule has 3 aromatic carbocycles. The molecule has 2 aliphatic rings. The lowest BCUT2D eigenvalue weighted by atomic mass is 10.0. The number of nitrogens with one attached hydrogen (secondary N) is 3. The van der Waals surface area contributed by atoms with E-state index in [1.54, 1.807) is 23.2 Å². The maximum absolute atomic E-state index is 13.6. The molecule has 0 aliphatic carbocycles. The molecule has 274 valence electrons. The largest absolute Gasteiger partial charge is 0.453 e. The number of alkyl carbamates (subject to hydrolysis) is 1. The zero-order valence-electron chi connectivity index (χ0n) is 29.5. The van der Waals surface area contributed by atoms with Gasteiger partial charge in [-0.1, -0.05) is 62.4 Å². The molecule has 6 rings (SSSR count). The van der Waals surface area contributed by atoms with Crippen molar-refractivity contribution in [3.05, 3.63) is 95.9 Å². The van der Waals surface area contributed by atoms with Crippen molar-refractivity contribution >= 4 is 33.4 Å². The monoisotopic (exact) mass is 728 g/mol. The summed E-state index contributed by atoms with van der Waals surface area (Å²) in [6.45, 7) is 6.50. The van der Waals surface area contributed by atoms with Crippen molar-refractivity contribution in [2.24, 2.45) is 5.92 Å². The highest BCUT2D eigenvalue weighted by Crippen LogP contribution is 2.29. The summed E-state index contributed by atoms with van der Waals surface area (Å²) in [5.74, 6) is 0.392. The van der Waals surface area contributed by atoms with Gasteiger partial charge in [-0.05, 0) is 52.4 Å². The van der Waals surface area contributed by atoms with Crippen LogP contribution in [0, 0.1) is 5.92 Å². The summed E-state index contributed by atoms with van der Waals surface area (Å²) in [6, 6.07) is 21.8. The van der Waals surface area contributed by atoms with E-state index in [9.17, 15) is 22.8 Å². The van der Waals surface area contributed by atoms with Crippen molar-refractivity contribution in [3.8, 4) is 22.4 Å². The van der Waals surface area contributed by atoms with E-state index >= 15 is 0 Å². The normalized spacial score (nSPS) is 18.1. The number of morpholine rings is 1. The Bertz CT molecular complexity index is 1970. The molecule has 0 radical (unpaired) electrons. The van der Waals surface area contributed by atoms with Gasteiger partial charge in [-0.3, -0.25) is 14.5 Å². The number of carbonyl (C=O) groups excluding carboxylic acids is 3. The standard InChI is InChI=1S/C38H44N6O7S/c1-25(2)34(42-38(47)50-3)37(46)44-16-19-51-24-33(44)35-39-22-32(41-35)29-10-6-27(7-11-29)28-8-12-30(13-9-28)36(45)40-31-14-4-26(5-15-31)23-43-17-20-52(48,49)21-18-43/h4-15,22,25,33-34H,16-21,23-24H2,1-3H3,(H,39,41)(H,40,45)(H,42,47)/t33-,34+/m1/s1. The molecular formula is C38H44N6O7S. The topological polar surface area (TPSA) is 163 Å². The minimum atomic E-state index is -2.91. The van der Waals surface area contributed by atoms with Crippen LogP contribution in [0.1, 0.15) is 41.6 Å². The number of methoxy groups -OCH3 is 1. The minimum Gasteiger partial charge on any atom is -0.453 e. The maximum atomic E-state index is 13.6. The molecule has 0 bridgehead atoms. The van der Waals surface area contributed by atoms with Crippen LogP contribution >= 0.6 is 0 Å². The molecule has 2 saturated heterocycles. The molecule has 13 nitrogen and oxygen atoms in total. The van der Waals surface area contributed by atoms with Gasteiger partial charge in [0.1, 0.15) is 17.9 Å².